The molecule has 0 spiro atoms. The number of benzene rings is 1. The third kappa shape index (κ3) is 1.92. The number of hydrogen-bond donors (Lipinski definition) is 1. The molecule has 1 aliphatic heterocycles. The van der Waals surface area contributed by atoms with Gasteiger partial charge in [0.05, 0.1) is 29.6 Å². The van der Waals surface area contributed by atoms with Gasteiger partial charge in [0.1, 0.15) is 0 Å². The molecule has 2 fully saturated rings. The number of carbonyl (C=O) groups is 2. The Bertz CT molecular complexity index is 625. The van der Waals surface area contributed by atoms with E-state index in [4.69, 9.17) is 17.3 Å². The Morgan fingerprint density at radius 3 is 2.63 bits per heavy atom. The van der Waals surface area contributed by atoms with Gasteiger partial charge in [-0.05, 0) is 24.6 Å². The molecular formula is C14H11ClN2O2. The maximum absolute atomic E-state index is 12.1. The standard InChI is InChI=1S/C14H11ClN2O2/c15-9-3-4-12(8(6-9)2-1-5-16)17-13(18)10-7-11(10)14(17)19/h3-4,6,10-11H,5,7,16H2. The van der Waals surface area contributed by atoms with E-state index in [2.05, 4.69) is 11.8 Å². The molecule has 5 heteroatoms. The third-order valence-electron chi connectivity index (χ3n) is 3.39. The van der Waals surface area contributed by atoms with Crippen LogP contribution in [0.15, 0.2) is 18.2 Å². The number of carbonyl (C=O) groups excluding carboxylic acids is 2. The minimum absolute atomic E-state index is 0.126. The average Bonchev–Trinajstić information content (AvgIpc) is 3.14. The minimum atomic E-state index is -0.131. The van der Waals surface area contributed by atoms with Crippen LogP contribution in [0.4, 0.5) is 5.69 Å². The van der Waals surface area contributed by atoms with Crippen LogP contribution in [0.25, 0.3) is 0 Å². The van der Waals surface area contributed by atoms with Gasteiger partial charge in [-0.15, -0.1) is 0 Å². The topological polar surface area (TPSA) is 63.4 Å². The molecule has 1 saturated carbocycles. The molecule has 4 nitrogen and oxygen atoms in total. The number of hydrogen-bond acceptors (Lipinski definition) is 3. The zero-order valence-corrected chi connectivity index (χ0v) is 10.8. The van der Waals surface area contributed by atoms with Gasteiger partial charge in [-0.3, -0.25) is 9.59 Å². The van der Waals surface area contributed by atoms with Gasteiger partial charge in [0.2, 0.25) is 11.8 Å². The highest BCUT2D eigenvalue weighted by Gasteiger charge is 2.59. The van der Waals surface area contributed by atoms with Crippen LogP contribution in [0.5, 0.6) is 0 Å². The van der Waals surface area contributed by atoms with Crippen LogP contribution in [0.2, 0.25) is 5.02 Å². The summed E-state index contributed by atoms with van der Waals surface area (Å²) in [6.45, 7) is 0.207. The fourth-order valence-electron chi connectivity index (χ4n) is 2.37. The quantitative estimate of drug-likeness (QED) is 0.617. The Balaban J connectivity index is 2.05. The van der Waals surface area contributed by atoms with Crippen molar-refractivity contribution in [2.75, 3.05) is 11.4 Å². The maximum atomic E-state index is 12.1. The fourth-order valence-corrected chi connectivity index (χ4v) is 2.54. The predicted molar refractivity (Wildman–Crippen MR) is 71.5 cm³/mol. The maximum Gasteiger partial charge on any atom is 0.237 e. The van der Waals surface area contributed by atoms with Gasteiger partial charge < -0.3 is 5.73 Å². The zero-order chi connectivity index (χ0) is 13.6. The van der Waals surface area contributed by atoms with E-state index in [1.807, 2.05) is 0 Å². The molecule has 2 unspecified atom stereocenters. The summed E-state index contributed by atoms with van der Waals surface area (Å²) in [6.07, 6.45) is 0.686. The van der Waals surface area contributed by atoms with Gasteiger partial charge in [0, 0.05) is 5.02 Å². The van der Waals surface area contributed by atoms with Crippen molar-refractivity contribution in [2.24, 2.45) is 17.6 Å². The van der Waals surface area contributed by atoms with Gasteiger partial charge >= 0.3 is 0 Å². The highest BCUT2D eigenvalue weighted by molar-refractivity contribution is 6.31. The molecular weight excluding hydrogens is 264 g/mol. The van der Waals surface area contributed by atoms with Gasteiger partial charge in [0.15, 0.2) is 0 Å². The van der Waals surface area contributed by atoms with Crippen molar-refractivity contribution in [3.8, 4) is 11.8 Å². The van der Waals surface area contributed by atoms with E-state index < -0.39 is 0 Å². The van der Waals surface area contributed by atoms with Crippen molar-refractivity contribution in [2.45, 2.75) is 6.42 Å². The Hall–Kier alpha value is -1.83. The largest absolute Gasteiger partial charge is 0.320 e. The first kappa shape index (κ1) is 12.2. The van der Waals surface area contributed by atoms with Crippen LogP contribution in [0, 0.1) is 23.7 Å². The second kappa shape index (κ2) is 4.37. The van der Waals surface area contributed by atoms with Gasteiger partial charge in [-0.2, -0.15) is 0 Å². The van der Waals surface area contributed by atoms with E-state index in [9.17, 15) is 9.59 Å². The molecule has 3 rings (SSSR count). The first-order valence-electron chi connectivity index (χ1n) is 6.00. The summed E-state index contributed by atoms with van der Waals surface area (Å²) in [5, 5.41) is 0.509. The minimum Gasteiger partial charge on any atom is -0.320 e. The zero-order valence-electron chi connectivity index (χ0n) is 10.0. The van der Waals surface area contributed by atoms with E-state index >= 15 is 0 Å². The number of nitrogens with two attached hydrogens (primary N) is 1. The third-order valence-corrected chi connectivity index (χ3v) is 3.63. The molecule has 2 aliphatic rings. The molecule has 0 bridgehead atoms. The first-order valence-corrected chi connectivity index (χ1v) is 6.37. The molecule has 96 valence electrons. The van der Waals surface area contributed by atoms with E-state index in [0.717, 1.165) is 0 Å². The molecule has 1 aliphatic carbocycles. The average molecular weight is 275 g/mol. The summed E-state index contributed by atoms with van der Waals surface area (Å²) in [5.41, 5.74) is 6.41. The number of amides is 2. The van der Waals surface area contributed by atoms with Crippen molar-refractivity contribution in [1.82, 2.24) is 0 Å². The van der Waals surface area contributed by atoms with Crippen molar-refractivity contribution in [3.63, 3.8) is 0 Å². The van der Waals surface area contributed by atoms with Crippen LogP contribution in [0.3, 0.4) is 0 Å². The Labute approximate surface area is 115 Å². The van der Waals surface area contributed by atoms with Crippen molar-refractivity contribution in [3.05, 3.63) is 28.8 Å². The van der Waals surface area contributed by atoms with Crippen LogP contribution in [-0.4, -0.2) is 18.4 Å². The SMILES string of the molecule is NCC#Cc1cc(Cl)ccc1N1C(=O)C2CC2C1=O. The number of imide groups is 1. The summed E-state index contributed by atoms with van der Waals surface area (Å²) < 4.78 is 0. The lowest BCUT2D eigenvalue weighted by molar-refractivity contribution is -0.123. The van der Waals surface area contributed by atoms with Crippen LogP contribution < -0.4 is 10.6 Å². The summed E-state index contributed by atoms with van der Waals surface area (Å²) in [5.74, 6) is 5.06. The number of rotatable bonds is 1. The summed E-state index contributed by atoms with van der Waals surface area (Å²) >= 11 is 5.93. The molecule has 2 N–H and O–H groups in total. The van der Waals surface area contributed by atoms with Gasteiger partial charge in [0.25, 0.3) is 0 Å². The summed E-state index contributed by atoms with van der Waals surface area (Å²) in [4.78, 5) is 25.4. The highest BCUT2D eigenvalue weighted by atomic mass is 35.5. The van der Waals surface area contributed by atoms with E-state index in [0.29, 0.717) is 22.7 Å². The predicted octanol–water partition coefficient (Wildman–Crippen LogP) is 1.16. The second-order valence-corrected chi connectivity index (χ2v) is 5.06. The Morgan fingerprint density at radius 1 is 1.32 bits per heavy atom. The molecule has 1 saturated heterocycles. The monoisotopic (exact) mass is 274 g/mol. The molecule has 1 aromatic rings. The summed E-state index contributed by atoms with van der Waals surface area (Å²) in [6, 6.07) is 4.95. The molecule has 2 amide bonds. The number of anilines is 1. The van der Waals surface area contributed by atoms with E-state index in [1.54, 1.807) is 18.2 Å². The van der Waals surface area contributed by atoms with Crippen molar-refractivity contribution in [1.29, 1.82) is 0 Å². The molecule has 0 radical (unpaired) electrons. The molecule has 1 heterocycles. The lowest BCUT2D eigenvalue weighted by Crippen LogP contribution is -2.33. The smallest absolute Gasteiger partial charge is 0.237 e. The van der Waals surface area contributed by atoms with Crippen molar-refractivity contribution >= 4 is 29.1 Å². The fraction of sp³-hybridized carbons (Fsp3) is 0.286. The Kier molecular flexibility index (Phi) is 2.81. The number of halogens is 1. The first-order chi connectivity index (χ1) is 9.13. The number of fused-ring (bicyclic) bond motifs is 1. The lowest BCUT2D eigenvalue weighted by Gasteiger charge is -2.18. The number of piperidine rings is 1. The van der Waals surface area contributed by atoms with Crippen molar-refractivity contribution < 1.29 is 9.59 Å². The number of nitrogens with zero attached hydrogens (tertiary/aromatic N) is 1. The van der Waals surface area contributed by atoms with Crippen LogP contribution >= 0.6 is 11.6 Å². The van der Waals surface area contributed by atoms with E-state index in [-0.39, 0.29) is 30.2 Å². The van der Waals surface area contributed by atoms with E-state index in [1.165, 1.54) is 4.90 Å². The molecule has 2 atom stereocenters. The van der Waals surface area contributed by atoms with Gasteiger partial charge in [-0.25, -0.2) is 4.90 Å². The molecule has 1 aromatic carbocycles. The van der Waals surface area contributed by atoms with Crippen LogP contribution in [-0.2, 0) is 9.59 Å². The lowest BCUT2D eigenvalue weighted by atomic mass is 10.1. The van der Waals surface area contributed by atoms with Crippen LogP contribution in [0.1, 0.15) is 12.0 Å². The Morgan fingerprint density at radius 2 is 2.00 bits per heavy atom. The molecule has 0 aromatic heterocycles. The molecule has 19 heavy (non-hydrogen) atoms. The summed E-state index contributed by atoms with van der Waals surface area (Å²) in [7, 11) is 0. The normalized spacial score (nSPS) is 24.0. The van der Waals surface area contributed by atoms with Gasteiger partial charge in [-0.1, -0.05) is 23.4 Å². The highest BCUT2D eigenvalue weighted by Crippen LogP contribution is 2.48. The second-order valence-electron chi connectivity index (χ2n) is 4.63.